The maximum Gasteiger partial charge on any atom is 0.254 e. The van der Waals surface area contributed by atoms with Gasteiger partial charge >= 0.3 is 0 Å². The lowest BCUT2D eigenvalue weighted by Crippen LogP contribution is -2.48. The molecule has 3 aromatic rings. The summed E-state index contributed by atoms with van der Waals surface area (Å²) in [5.74, 6) is -0.467. The fraction of sp³-hybridized carbons (Fsp3) is 0.379. The van der Waals surface area contributed by atoms with Gasteiger partial charge in [0.15, 0.2) is 0 Å². The molecule has 0 spiro atoms. The topological polar surface area (TPSA) is 40.6 Å². The molecule has 2 amide bonds. The molecule has 0 saturated heterocycles. The average Bonchev–Trinajstić information content (AvgIpc) is 3.41. The first-order valence-corrected chi connectivity index (χ1v) is 13.4. The molecular formula is C29H33FN2O2S. The summed E-state index contributed by atoms with van der Waals surface area (Å²) >= 11 is 1.60. The molecule has 6 heteroatoms. The summed E-state index contributed by atoms with van der Waals surface area (Å²) in [5, 5.41) is 1.99. The van der Waals surface area contributed by atoms with E-state index in [1.807, 2.05) is 41.8 Å². The van der Waals surface area contributed by atoms with Gasteiger partial charge < -0.3 is 9.80 Å². The summed E-state index contributed by atoms with van der Waals surface area (Å²) in [6.07, 6.45) is 6.09. The Kier molecular flexibility index (Phi) is 8.69. The fourth-order valence-corrected chi connectivity index (χ4v) is 5.41. The zero-order chi connectivity index (χ0) is 24.6. The summed E-state index contributed by atoms with van der Waals surface area (Å²) in [6.45, 7) is 2.97. The Balaban J connectivity index is 1.56. The molecule has 0 bridgehead atoms. The number of hydrogen-bond donors (Lipinski definition) is 0. The van der Waals surface area contributed by atoms with Crippen molar-refractivity contribution in [2.45, 2.75) is 64.6 Å². The maximum atomic E-state index is 13.7. The normalized spacial score (nSPS) is 14.0. The van der Waals surface area contributed by atoms with E-state index in [1.165, 1.54) is 24.1 Å². The van der Waals surface area contributed by atoms with Crippen LogP contribution in [0.4, 0.5) is 4.39 Å². The van der Waals surface area contributed by atoms with E-state index in [0.717, 1.165) is 42.5 Å². The van der Waals surface area contributed by atoms with Gasteiger partial charge in [-0.15, -0.1) is 11.3 Å². The number of aryl methyl sites for hydroxylation is 1. The summed E-state index contributed by atoms with van der Waals surface area (Å²) in [4.78, 5) is 32.0. The SMILES string of the molecule is CCc1ccc(C(=O)N(CC(=O)N(Cc2ccc(F)cc2)Cc2cccs2)C2CCCCC2)cc1. The van der Waals surface area contributed by atoms with Crippen LogP contribution in [-0.4, -0.2) is 34.2 Å². The molecule has 1 aromatic heterocycles. The molecule has 1 fully saturated rings. The van der Waals surface area contributed by atoms with E-state index in [9.17, 15) is 14.0 Å². The third-order valence-corrected chi connectivity index (χ3v) is 7.62. The first kappa shape index (κ1) is 25.1. The zero-order valence-corrected chi connectivity index (χ0v) is 21.1. The molecule has 184 valence electrons. The summed E-state index contributed by atoms with van der Waals surface area (Å²) < 4.78 is 13.4. The van der Waals surface area contributed by atoms with Crippen molar-refractivity contribution in [3.05, 3.63) is 93.4 Å². The van der Waals surface area contributed by atoms with E-state index in [1.54, 1.807) is 33.3 Å². The molecule has 2 aromatic carbocycles. The Morgan fingerprint density at radius 3 is 2.23 bits per heavy atom. The van der Waals surface area contributed by atoms with Gasteiger partial charge in [0.1, 0.15) is 12.4 Å². The number of nitrogens with zero attached hydrogens (tertiary/aromatic N) is 2. The van der Waals surface area contributed by atoms with Crippen molar-refractivity contribution < 1.29 is 14.0 Å². The van der Waals surface area contributed by atoms with Crippen molar-refractivity contribution >= 4 is 23.2 Å². The monoisotopic (exact) mass is 492 g/mol. The molecule has 35 heavy (non-hydrogen) atoms. The average molecular weight is 493 g/mol. The lowest BCUT2D eigenvalue weighted by molar-refractivity contribution is -0.133. The molecule has 0 aliphatic heterocycles. The van der Waals surface area contributed by atoms with Gasteiger partial charge in [0, 0.05) is 23.0 Å². The van der Waals surface area contributed by atoms with E-state index in [-0.39, 0.29) is 30.2 Å². The number of rotatable bonds is 9. The third-order valence-electron chi connectivity index (χ3n) is 6.76. The smallest absolute Gasteiger partial charge is 0.254 e. The predicted octanol–water partition coefficient (Wildman–Crippen LogP) is 6.45. The van der Waals surface area contributed by atoms with Crippen LogP contribution in [0.15, 0.2) is 66.0 Å². The first-order valence-electron chi connectivity index (χ1n) is 12.5. The molecule has 0 unspecified atom stereocenters. The van der Waals surface area contributed by atoms with Crippen LogP contribution in [0.2, 0.25) is 0 Å². The van der Waals surface area contributed by atoms with Crippen molar-refractivity contribution in [1.29, 1.82) is 0 Å². The van der Waals surface area contributed by atoms with Crippen LogP contribution in [0, 0.1) is 5.82 Å². The van der Waals surface area contributed by atoms with E-state index in [0.29, 0.717) is 18.7 Å². The largest absolute Gasteiger partial charge is 0.332 e. The Morgan fingerprint density at radius 2 is 1.60 bits per heavy atom. The standard InChI is InChI=1S/C29H33FN2O2S/c1-2-22-10-14-24(15-11-22)29(34)32(26-7-4-3-5-8-26)21-28(33)31(20-27-9-6-18-35-27)19-23-12-16-25(30)17-13-23/h6,9-18,26H,2-5,7-8,19-21H2,1H3. The van der Waals surface area contributed by atoms with E-state index >= 15 is 0 Å². The van der Waals surface area contributed by atoms with Crippen LogP contribution >= 0.6 is 11.3 Å². The van der Waals surface area contributed by atoms with Gasteiger partial charge in [0.2, 0.25) is 5.91 Å². The van der Waals surface area contributed by atoms with Crippen LogP contribution in [0.3, 0.4) is 0 Å². The van der Waals surface area contributed by atoms with Crippen LogP contribution in [-0.2, 0) is 24.3 Å². The van der Waals surface area contributed by atoms with Crippen molar-refractivity contribution in [3.63, 3.8) is 0 Å². The van der Waals surface area contributed by atoms with Gasteiger partial charge in [0.25, 0.3) is 5.91 Å². The van der Waals surface area contributed by atoms with Gasteiger partial charge in [-0.05, 0) is 66.1 Å². The van der Waals surface area contributed by atoms with E-state index in [4.69, 9.17) is 0 Å². The van der Waals surface area contributed by atoms with Crippen molar-refractivity contribution in [3.8, 4) is 0 Å². The van der Waals surface area contributed by atoms with Gasteiger partial charge in [-0.3, -0.25) is 9.59 Å². The highest BCUT2D eigenvalue weighted by atomic mass is 32.1. The summed E-state index contributed by atoms with van der Waals surface area (Å²) in [6, 6.07) is 18.0. The lowest BCUT2D eigenvalue weighted by atomic mass is 9.93. The maximum absolute atomic E-state index is 13.7. The lowest BCUT2D eigenvalue weighted by Gasteiger charge is -2.35. The van der Waals surface area contributed by atoms with E-state index in [2.05, 4.69) is 6.92 Å². The second-order valence-electron chi connectivity index (χ2n) is 9.23. The van der Waals surface area contributed by atoms with Crippen LogP contribution in [0.1, 0.15) is 65.4 Å². The molecule has 1 heterocycles. The molecule has 0 atom stereocenters. The molecule has 0 radical (unpaired) electrons. The fourth-order valence-electron chi connectivity index (χ4n) is 4.69. The second-order valence-corrected chi connectivity index (χ2v) is 10.3. The highest BCUT2D eigenvalue weighted by Crippen LogP contribution is 2.25. The minimum absolute atomic E-state index is 0.0472. The molecule has 0 N–H and O–H groups in total. The second kappa shape index (κ2) is 12.1. The molecular weight excluding hydrogens is 459 g/mol. The van der Waals surface area contributed by atoms with Gasteiger partial charge in [-0.25, -0.2) is 4.39 Å². The molecule has 1 saturated carbocycles. The highest BCUT2D eigenvalue weighted by molar-refractivity contribution is 7.09. The number of carbonyl (C=O) groups is 2. The van der Waals surface area contributed by atoms with Crippen LogP contribution < -0.4 is 0 Å². The molecule has 1 aliphatic rings. The minimum atomic E-state index is -0.298. The number of hydrogen-bond acceptors (Lipinski definition) is 3. The highest BCUT2D eigenvalue weighted by Gasteiger charge is 2.30. The number of halogens is 1. The van der Waals surface area contributed by atoms with Gasteiger partial charge in [0.05, 0.1) is 6.54 Å². The Bertz CT molecular complexity index is 1090. The van der Waals surface area contributed by atoms with Crippen LogP contribution in [0.25, 0.3) is 0 Å². The molecule has 1 aliphatic carbocycles. The Hall–Kier alpha value is -2.99. The van der Waals surface area contributed by atoms with Crippen LogP contribution in [0.5, 0.6) is 0 Å². The number of benzene rings is 2. The Labute approximate surface area is 211 Å². The van der Waals surface area contributed by atoms with Crippen molar-refractivity contribution in [2.75, 3.05) is 6.54 Å². The molecule has 4 rings (SSSR count). The number of carbonyl (C=O) groups excluding carboxylic acids is 2. The third kappa shape index (κ3) is 6.79. The van der Waals surface area contributed by atoms with Crippen molar-refractivity contribution in [2.24, 2.45) is 0 Å². The summed E-state index contributed by atoms with van der Waals surface area (Å²) in [7, 11) is 0. The molecule has 4 nitrogen and oxygen atoms in total. The van der Waals surface area contributed by atoms with Crippen molar-refractivity contribution in [1.82, 2.24) is 9.80 Å². The number of amides is 2. The predicted molar refractivity (Wildman–Crippen MR) is 139 cm³/mol. The zero-order valence-electron chi connectivity index (χ0n) is 20.3. The van der Waals surface area contributed by atoms with Gasteiger partial charge in [-0.2, -0.15) is 0 Å². The quantitative estimate of drug-likeness (QED) is 0.344. The minimum Gasteiger partial charge on any atom is -0.332 e. The first-order chi connectivity index (χ1) is 17.0. The van der Waals surface area contributed by atoms with Gasteiger partial charge in [-0.1, -0.05) is 56.5 Å². The van der Waals surface area contributed by atoms with E-state index < -0.39 is 0 Å². The summed E-state index contributed by atoms with van der Waals surface area (Å²) in [5.41, 5.74) is 2.68. The number of thiophene rings is 1. The Morgan fingerprint density at radius 1 is 0.914 bits per heavy atom.